The number of hydrogen-bond acceptors (Lipinski definition) is 6. The van der Waals surface area contributed by atoms with E-state index in [1.165, 1.54) is 0 Å². The topological polar surface area (TPSA) is 111 Å². The van der Waals surface area contributed by atoms with Crippen LogP contribution in [0.4, 0.5) is 10.1 Å². The van der Waals surface area contributed by atoms with E-state index in [1.807, 2.05) is 0 Å². The Morgan fingerprint density at radius 2 is 2.32 bits per heavy atom. The summed E-state index contributed by atoms with van der Waals surface area (Å²) in [5.41, 5.74) is -0.788. The highest BCUT2D eigenvalue weighted by atomic mass is 19.1. The highest BCUT2D eigenvalue weighted by molar-refractivity contribution is 5.94. The zero-order valence-corrected chi connectivity index (χ0v) is 9.37. The van der Waals surface area contributed by atoms with E-state index in [9.17, 15) is 19.3 Å². The summed E-state index contributed by atoms with van der Waals surface area (Å²) < 4.78 is 17.6. The quantitative estimate of drug-likeness (QED) is 0.653. The van der Waals surface area contributed by atoms with Crippen molar-refractivity contribution in [3.05, 3.63) is 51.9 Å². The van der Waals surface area contributed by atoms with Crippen molar-refractivity contribution in [3.8, 4) is 0 Å². The maximum Gasteiger partial charge on any atom is 0.305 e. The molecule has 1 heterocycles. The number of halogens is 1. The third-order valence-corrected chi connectivity index (χ3v) is 2.22. The van der Waals surface area contributed by atoms with E-state index >= 15 is 0 Å². The second-order valence-electron chi connectivity index (χ2n) is 3.45. The lowest BCUT2D eigenvalue weighted by molar-refractivity contribution is -0.387. The van der Waals surface area contributed by atoms with Gasteiger partial charge in [0.2, 0.25) is 12.2 Å². The Morgan fingerprint density at radius 3 is 2.95 bits per heavy atom. The summed E-state index contributed by atoms with van der Waals surface area (Å²) >= 11 is 0. The number of rotatable bonds is 4. The van der Waals surface area contributed by atoms with Gasteiger partial charge in [-0.2, -0.15) is 9.37 Å². The van der Waals surface area contributed by atoms with Crippen LogP contribution in [0.15, 0.2) is 29.1 Å². The van der Waals surface area contributed by atoms with Crippen LogP contribution in [0.3, 0.4) is 0 Å². The molecule has 1 aromatic heterocycles. The summed E-state index contributed by atoms with van der Waals surface area (Å²) in [5.74, 6) is -1.35. The van der Waals surface area contributed by atoms with Gasteiger partial charge in [-0.25, -0.2) is 0 Å². The summed E-state index contributed by atoms with van der Waals surface area (Å²) in [6, 6.07) is 2.87. The zero-order chi connectivity index (χ0) is 13.8. The molecule has 0 fully saturated rings. The predicted octanol–water partition coefficient (Wildman–Crippen LogP) is 1.05. The first-order chi connectivity index (χ1) is 9.08. The van der Waals surface area contributed by atoms with Crippen LogP contribution in [0.1, 0.15) is 16.2 Å². The number of hydrogen-bond donors (Lipinski definition) is 1. The van der Waals surface area contributed by atoms with Crippen molar-refractivity contribution in [1.29, 1.82) is 0 Å². The summed E-state index contributed by atoms with van der Waals surface area (Å²) in [4.78, 5) is 25.0. The van der Waals surface area contributed by atoms with Gasteiger partial charge >= 0.3 is 5.69 Å². The smallest absolute Gasteiger partial charge is 0.305 e. The van der Waals surface area contributed by atoms with E-state index in [4.69, 9.17) is 0 Å². The van der Waals surface area contributed by atoms with Crippen LogP contribution in [0.25, 0.3) is 0 Å². The summed E-state index contributed by atoms with van der Waals surface area (Å²) in [6.07, 6.45) is 1.10. The first-order valence-corrected chi connectivity index (χ1v) is 5.05. The molecule has 0 aliphatic rings. The van der Waals surface area contributed by atoms with E-state index in [0.29, 0.717) is 0 Å². The van der Waals surface area contributed by atoms with Crippen LogP contribution in [0.5, 0.6) is 0 Å². The normalized spacial score (nSPS) is 10.2. The van der Waals surface area contributed by atoms with Crippen molar-refractivity contribution < 1.29 is 18.6 Å². The predicted molar refractivity (Wildman–Crippen MR) is 58.5 cm³/mol. The van der Waals surface area contributed by atoms with Gasteiger partial charge < -0.3 is 9.84 Å². The van der Waals surface area contributed by atoms with E-state index in [2.05, 4.69) is 20.0 Å². The molecule has 0 saturated heterocycles. The second-order valence-corrected chi connectivity index (χ2v) is 3.45. The molecule has 0 atom stereocenters. The molecule has 0 saturated carbocycles. The van der Waals surface area contributed by atoms with Crippen LogP contribution in [0.2, 0.25) is 0 Å². The van der Waals surface area contributed by atoms with E-state index < -0.39 is 22.3 Å². The van der Waals surface area contributed by atoms with E-state index in [1.54, 1.807) is 0 Å². The second kappa shape index (κ2) is 5.21. The number of nitro benzene ring substituents is 1. The van der Waals surface area contributed by atoms with Crippen molar-refractivity contribution in [3.63, 3.8) is 0 Å². The van der Waals surface area contributed by atoms with Gasteiger partial charge in [-0.05, 0) is 12.1 Å². The molecule has 0 radical (unpaired) electrons. The number of benzene rings is 1. The Balaban J connectivity index is 2.11. The molecule has 9 heteroatoms. The van der Waals surface area contributed by atoms with Crippen molar-refractivity contribution in [2.45, 2.75) is 6.54 Å². The molecule has 1 amide bonds. The molecule has 1 N–H and O–H groups in total. The Morgan fingerprint density at radius 1 is 1.53 bits per heavy atom. The highest BCUT2D eigenvalue weighted by Crippen LogP contribution is 2.18. The first-order valence-electron chi connectivity index (χ1n) is 5.05. The van der Waals surface area contributed by atoms with Crippen LogP contribution in [-0.2, 0) is 6.54 Å². The average molecular weight is 266 g/mol. The fourth-order valence-electron chi connectivity index (χ4n) is 1.33. The third-order valence-electron chi connectivity index (χ3n) is 2.22. The van der Waals surface area contributed by atoms with Crippen LogP contribution in [-0.4, -0.2) is 21.0 Å². The van der Waals surface area contributed by atoms with Gasteiger partial charge in [0.05, 0.1) is 11.5 Å². The summed E-state index contributed by atoms with van der Waals surface area (Å²) in [6.45, 7) is 0.000503. The van der Waals surface area contributed by atoms with Crippen molar-refractivity contribution >= 4 is 11.6 Å². The van der Waals surface area contributed by atoms with Gasteiger partial charge in [-0.1, -0.05) is 5.16 Å². The van der Waals surface area contributed by atoms with Crippen molar-refractivity contribution in [2.24, 2.45) is 0 Å². The van der Waals surface area contributed by atoms with Gasteiger partial charge in [-0.3, -0.25) is 14.9 Å². The lowest BCUT2D eigenvalue weighted by Crippen LogP contribution is -2.23. The Kier molecular flexibility index (Phi) is 3.46. The van der Waals surface area contributed by atoms with Crippen molar-refractivity contribution in [1.82, 2.24) is 15.5 Å². The monoisotopic (exact) mass is 266 g/mol. The van der Waals surface area contributed by atoms with E-state index in [0.717, 1.165) is 24.6 Å². The van der Waals surface area contributed by atoms with Gasteiger partial charge in [0.1, 0.15) is 0 Å². The SMILES string of the molecule is O=C(NCc1ncon1)c1ccc(F)c([N+](=O)[O-])c1. The molecule has 2 aromatic rings. The van der Waals surface area contributed by atoms with Crippen LogP contribution >= 0.6 is 0 Å². The molecular formula is C10H7FN4O4. The summed E-state index contributed by atoms with van der Waals surface area (Å²) in [7, 11) is 0. The number of nitrogens with one attached hydrogen (secondary N) is 1. The van der Waals surface area contributed by atoms with Gasteiger partial charge in [0.25, 0.3) is 5.91 Å². The zero-order valence-electron chi connectivity index (χ0n) is 9.37. The highest BCUT2D eigenvalue weighted by Gasteiger charge is 2.17. The van der Waals surface area contributed by atoms with Crippen LogP contribution in [0, 0.1) is 15.9 Å². The molecular weight excluding hydrogens is 259 g/mol. The van der Waals surface area contributed by atoms with Crippen molar-refractivity contribution in [2.75, 3.05) is 0 Å². The lowest BCUT2D eigenvalue weighted by Gasteiger charge is -2.02. The maximum atomic E-state index is 13.1. The molecule has 0 aliphatic carbocycles. The molecule has 0 aliphatic heterocycles. The third kappa shape index (κ3) is 2.89. The Labute approximate surface area is 105 Å². The molecule has 0 bridgehead atoms. The average Bonchev–Trinajstić information content (AvgIpc) is 2.89. The number of carbonyl (C=O) groups excluding carboxylic acids is 1. The molecule has 98 valence electrons. The Bertz CT molecular complexity index is 614. The number of carbonyl (C=O) groups is 1. The largest absolute Gasteiger partial charge is 0.345 e. The number of nitrogens with zero attached hydrogens (tertiary/aromatic N) is 3. The fraction of sp³-hybridized carbons (Fsp3) is 0.100. The fourth-order valence-corrected chi connectivity index (χ4v) is 1.33. The minimum atomic E-state index is -1.00. The molecule has 8 nitrogen and oxygen atoms in total. The van der Waals surface area contributed by atoms with E-state index in [-0.39, 0.29) is 17.9 Å². The molecule has 0 spiro atoms. The minimum absolute atomic E-state index is 0.000503. The molecule has 2 rings (SSSR count). The number of amides is 1. The first kappa shape index (κ1) is 12.6. The van der Waals surface area contributed by atoms with Crippen LogP contribution < -0.4 is 5.32 Å². The lowest BCUT2D eigenvalue weighted by atomic mass is 10.2. The summed E-state index contributed by atoms with van der Waals surface area (Å²) in [5, 5.41) is 16.4. The van der Waals surface area contributed by atoms with Gasteiger partial charge in [-0.15, -0.1) is 0 Å². The molecule has 1 aromatic carbocycles. The molecule has 19 heavy (non-hydrogen) atoms. The minimum Gasteiger partial charge on any atom is -0.345 e. The Hall–Kier alpha value is -2.84. The molecule has 0 unspecified atom stereocenters. The number of aromatic nitrogens is 2. The van der Waals surface area contributed by atoms with Gasteiger partial charge in [0, 0.05) is 11.6 Å². The van der Waals surface area contributed by atoms with Gasteiger partial charge in [0.15, 0.2) is 5.82 Å². The standard InChI is InChI=1S/C10H7FN4O4/c11-7-2-1-6(3-8(7)15(17)18)10(16)12-4-9-13-5-19-14-9/h1-3,5H,4H2,(H,12,16). The number of nitro groups is 1. The maximum absolute atomic E-state index is 13.1.